The third kappa shape index (κ3) is 3.25. The van der Waals surface area contributed by atoms with E-state index in [-0.39, 0.29) is 23.3 Å². The standard InChI is InChI=1S/C25H26N4O3/c1-17(18-9-4-3-5-10-18)27-16-26-23-22(27)24(30)29(19-11-6-7-12-19)25(31)28(23)20-13-8-14-21(15-20)32-2/h3-5,8-10,13-17,19H,6-7,11-12H2,1-2H3. The molecule has 7 nitrogen and oxygen atoms in total. The first-order valence-corrected chi connectivity index (χ1v) is 11.0. The fourth-order valence-corrected chi connectivity index (χ4v) is 4.77. The van der Waals surface area contributed by atoms with Crippen molar-refractivity contribution in [3.63, 3.8) is 0 Å². The van der Waals surface area contributed by atoms with Crippen LogP contribution in [0.1, 0.15) is 50.3 Å². The molecule has 0 amide bonds. The van der Waals surface area contributed by atoms with Crippen molar-refractivity contribution in [2.75, 3.05) is 7.11 Å². The highest BCUT2D eigenvalue weighted by Gasteiger charge is 2.27. The van der Waals surface area contributed by atoms with Gasteiger partial charge in [0.25, 0.3) is 5.56 Å². The molecule has 164 valence electrons. The van der Waals surface area contributed by atoms with Crippen LogP contribution in [-0.2, 0) is 0 Å². The zero-order valence-electron chi connectivity index (χ0n) is 18.3. The lowest BCUT2D eigenvalue weighted by Gasteiger charge is -2.19. The number of fused-ring (bicyclic) bond motifs is 1. The smallest absolute Gasteiger partial charge is 0.337 e. The maximum absolute atomic E-state index is 13.7. The molecule has 0 spiro atoms. The zero-order chi connectivity index (χ0) is 22.2. The summed E-state index contributed by atoms with van der Waals surface area (Å²) in [6.45, 7) is 2.04. The van der Waals surface area contributed by atoms with E-state index in [0.29, 0.717) is 22.6 Å². The maximum Gasteiger partial charge on any atom is 0.337 e. The van der Waals surface area contributed by atoms with Crippen LogP contribution in [0.5, 0.6) is 5.75 Å². The summed E-state index contributed by atoms with van der Waals surface area (Å²) in [7, 11) is 1.59. The van der Waals surface area contributed by atoms with Gasteiger partial charge in [0.15, 0.2) is 11.2 Å². The molecule has 4 aromatic rings. The van der Waals surface area contributed by atoms with Gasteiger partial charge in [0.1, 0.15) is 5.75 Å². The second-order valence-electron chi connectivity index (χ2n) is 8.34. The monoisotopic (exact) mass is 430 g/mol. The van der Waals surface area contributed by atoms with Crippen LogP contribution in [0.2, 0.25) is 0 Å². The third-order valence-corrected chi connectivity index (χ3v) is 6.51. The predicted molar refractivity (Wildman–Crippen MR) is 124 cm³/mol. The Morgan fingerprint density at radius 1 is 1.03 bits per heavy atom. The number of hydrogen-bond donors (Lipinski definition) is 0. The van der Waals surface area contributed by atoms with Crippen molar-refractivity contribution in [3.8, 4) is 11.4 Å². The normalized spacial score (nSPS) is 15.3. The molecule has 5 rings (SSSR count). The van der Waals surface area contributed by atoms with E-state index in [4.69, 9.17) is 4.74 Å². The highest BCUT2D eigenvalue weighted by atomic mass is 16.5. The fraction of sp³-hybridized carbons (Fsp3) is 0.320. The van der Waals surface area contributed by atoms with Crippen LogP contribution in [0.3, 0.4) is 0 Å². The summed E-state index contributed by atoms with van der Waals surface area (Å²) in [6, 6.07) is 17.1. The summed E-state index contributed by atoms with van der Waals surface area (Å²) in [5.41, 5.74) is 1.89. The lowest BCUT2D eigenvalue weighted by atomic mass is 10.1. The van der Waals surface area contributed by atoms with Crippen LogP contribution in [-0.4, -0.2) is 25.8 Å². The summed E-state index contributed by atoms with van der Waals surface area (Å²) < 4.78 is 10.3. The van der Waals surface area contributed by atoms with Crippen molar-refractivity contribution >= 4 is 11.2 Å². The molecular formula is C25H26N4O3. The maximum atomic E-state index is 13.7. The third-order valence-electron chi connectivity index (χ3n) is 6.51. The molecule has 2 heterocycles. The number of methoxy groups -OCH3 is 1. The van der Waals surface area contributed by atoms with Crippen LogP contribution >= 0.6 is 0 Å². The number of ether oxygens (including phenoxy) is 1. The Balaban J connectivity index is 1.82. The minimum Gasteiger partial charge on any atom is -0.497 e. The van der Waals surface area contributed by atoms with Crippen molar-refractivity contribution < 1.29 is 4.74 Å². The Morgan fingerprint density at radius 2 is 1.78 bits per heavy atom. The number of rotatable bonds is 5. The minimum absolute atomic E-state index is 0.0911. The lowest BCUT2D eigenvalue weighted by molar-refractivity contribution is 0.414. The molecule has 0 bridgehead atoms. The second-order valence-corrected chi connectivity index (χ2v) is 8.34. The Morgan fingerprint density at radius 3 is 2.50 bits per heavy atom. The van der Waals surface area contributed by atoms with E-state index in [0.717, 1.165) is 31.2 Å². The highest BCUT2D eigenvalue weighted by Crippen LogP contribution is 2.29. The van der Waals surface area contributed by atoms with Gasteiger partial charge >= 0.3 is 5.69 Å². The van der Waals surface area contributed by atoms with E-state index >= 15 is 0 Å². The Kier molecular flexibility index (Phi) is 5.17. The number of benzene rings is 2. The van der Waals surface area contributed by atoms with Gasteiger partial charge in [0.2, 0.25) is 0 Å². The van der Waals surface area contributed by atoms with Crippen LogP contribution < -0.4 is 16.0 Å². The minimum atomic E-state index is -0.347. The van der Waals surface area contributed by atoms with E-state index in [1.54, 1.807) is 24.1 Å². The van der Waals surface area contributed by atoms with Crippen LogP contribution in [0.25, 0.3) is 16.9 Å². The topological polar surface area (TPSA) is 71.1 Å². The molecule has 0 aliphatic heterocycles. The second kappa shape index (κ2) is 8.15. The molecule has 1 fully saturated rings. The zero-order valence-corrected chi connectivity index (χ0v) is 18.3. The van der Waals surface area contributed by atoms with E-state index in [9.17, 15) is 9.59 Å². The molecule has 1 aliphatic carbocycles. The summed E-state index contributed by atoms with van der Waals surface area (Å²) in [6.07, 6.45) is 5.38. The van der Waals surface area contributed by atoms with Crippen LogP contribution in [0, 0.1) is 0 Å². The summed E-state index contributed by atoms with van der Waals surface area (Å²) in [4.78, 5) is 32.0. The van der Waals surface area contributed by atoms with E-state index in [1.165, 1.54) is 4.57 Å². The quantitative estimate of drug-likeness (QED) is 0.478. The van der Waals surface area contributed by atoms with Crippen molar-refractivity contribution in [2.24, 2.45) is 0 Å². The van der Waals surface area contributed by atoms with Gasteiger partial charge in [0.05, 0.1) is 25.2 Å². The Bertz CT molecular complexity index is 1380. The average molecular weight is 431 g/mol. The number of hydrogen-bond acceptors (Lipinski definition) is 4. The van der Waals surface area contributed by atoms with Gasteiger partial charge in [-0.3, -0.25) is 9.36 Å². The van der Waals surface area contributed by atoms with Gasteiger partial charge in [-0.2, -0.15) is 0 Å². The Hall–Kier alpha value is -3.61. The molecule has 0 saturated heterocycles. The molecule has 2 aromatic heterocycles. The van der Waals surface area contributed by atoms with Gasteiger partial charge in [0, 0.05) is 12.1 Å². The summed E-state index contributed by atoms with van der Waals surface area (Å²) >= 11 is 0. The molecule has 7 heteroatoms. The molecular weight excluding hydrogens is 404 g/mol. The van der Waals surface area contributed by atoms with Crippen molar-refractivity contribution in [2.45, 2.75) is 44.7 Å². The number of imidazole rings is 1. The first-order chi connectivity index (χ1) is 15.6. The molecule has 0 radical (unpaired) electrons. The molecule has 0 N–H and O–H groups in total. The summed E-state index contributed by atoms with van der Waals surface area (Å²) in [5, 5.41) is 0. The predicted octanol–water partition coefficient (Wildman–Crippen LogP) is 4.08. The number of aromatic nitrogens is 4. The van der Waals surface area contributed by atoms with E-state index in [2.05, 4.69) is 4.98 Å². The summed E-state index contributed by atoms with van der Waals surface area (Å²) in [5.74, 6) is 0.637. The van der Waals surface area contributed by atoms with Crippen molar-refractivity contribution in [1.82, 2.24) is 18.7 Å². The van der Waals surface area contributed by atoms with Gasteiger partial charge in [-0.15, -0.1) is 0 Å². The van der Waals surface area contributed by atoms with Crippen molar-refractivity contribution in [3.05, 3.63) is 87.3 Å². The van der Waals surface area contributed by atoms with E-state index < -0.39 is 0 Å². The number of nitrogens with zero attached hydrogens (tertiary/aromatic N) is 4. The van der Waals surface area contributed by atoms with Gasteiger partial charge < -0.3 is 9.30 Å². The first kappa shape index (κ1) is 20.3. The average Bonchev–Trinajstić information content (AvgIpc) is 3.50. The molecule has 1 aliphatic rings. The molecule has 32 heavy (non-hydrogen) atoms. The molecule has 1 unspecified atom stereocenters. The van der Waals surface area contributed by atoms with Gasteiger partial charge in [-0.05, 0) is 37.5 Å². The van der Waals surface area contributed by atoms with Crippen LogP contribution in [0.4, 0.5) is 0 Å². The molecule has 1 atom stereocenters. The lowest BCUT2D eigenvalue weighted by Crippen LogP contribution is -2.42. The van der Waals surface area contributed by atoms with E-state index in [1.807, 2.05) is 60.0 Å². The SMILES string of the molecule is COc1cccc(-n2c(=O)n(C3CCCC3)c(=O)c3c2ncn3C(C)c2ccccc2)c1. The van der Waals surface area contributed by atoms with Crippen LogP contribution in [0.15, 0.2) is 70.5 Å². The highest BCUT2D eigenvalue weighted by molar-refractivity contribution is 5.73. The van der Waals surface area contributed by atoms with Gasteiger partial charge in [-0.25, -0.2) is 14.3 Å². The molecule has 2 aromatic carbocycles. The molecule has 1 saturated carbocycles. The van der Waals surface area contributed by atoms with Crippen molar-refractivity contribution in [1.29, 1.82) is 0 Å². The fourth-order valence-electron chi connectivity index (χ4n) is 4.77. The Labute approximate surface area is 185 Å². The van der Waals surface area contributed by atoms with Gasteiger partial charge in [-0.1, -0.05) is 49.2 Å². The first-order valence-electron chi connectivity index (χ1n) is 11.0. The largest absolute Gasteiger partial charge is 0.497 e.